The smallest absolute Gasteiger partial charge is 0.225 e. The number of fused-ring (bicyclic) bond motifs is 1. The zero-order valence-corrected chi connectivity index (χ0v) is 13.3. The van der Waals surface area contributed by atoms with Gasteiger partial charge in [0.25, 0.3) is 0 Å². The van der Waals surface area contributed by atoms with Crippen LogP contribution in [0.4, 0.5) is 5.69 Å². The summed E-state index contributed by atoms with van der Waals surface area (Å²) in [7, 11) is 0. The number of carbonyl (C=O) groups excluding carboxylic acids is 1. The van der Waals surface area contributed by atoms with Crippen LogP contribution < -0.4 is 5.32 Å². The standard InChI is InChI=1S/C17H15Cl2NO/c1-9-6-13-12(11-4-3-5-14(18)17(11)19)8-16(21)20-15(13)7-10(9)2/h3-7,12H,8H2,1-2H3,(H,20,21)/t12-/m1/s1. The predicted molar refractivity (Wildman–Crippen MR) is 87.5 cm³/mol. The van der Waals surface area contributed by atoms with Crippen LogP contribution in [0.3, 0.4) is 0 Å². The number of hydrogen-bond donors (Lipinski definition) is 1. The molecule has 0 unspecified atom stereocenters. The Morgan fingerprint density at radius 2 is 1.81 bits per heavy atom. The molecule has 1 heterocycles. The molecule has 1 amide bonds. The van der Waals surface area contributed by atoms with Gasteiger partial charge in [-0.3, -0.25) is 4.79 Å². The first kappa shape index (κ1) is 14.4. The molecule has 1 atom stereocenters. The second kappa shape index (κ2) is 5.36. The van der Waals surface area contributed by atoms with Crippen LogP contribution in [0, 0.1) is 13.8 Å². The fraction of sp³-hybridized carbons (Fsp3) is 0.235. The van der Waals surface area contributed by atoms with E-state index >= 15 is 0 Å². The van der Waals surface area contributed by atoms with Gasteiger partial charge in [-0.1, -0.05) is 41.4 Å². The molecule has 0 spiro atoms. The number of halogens is 2. The number of benzene rings is 2. The van der Waals surface area contributed by atoms with Gasteiger partial charge in [-0.05, 0) is 48.2 Å². The second-order valence-electron chi connectivity index (χ2n) is 5.47. The third-order valence-electron chi connectivity index (χ3n) is 4.06. The fourth-order valence-corrected chi connectivity index (χ4v) is 3.24. The monoisotopic (exact) mass is 319 g/mol. The van der Waals surface area contributed by atoms with Gasteiger partial charge < -0.3 is 5.32 Å². The van der Waals surface area contributed by atoms with Gasteiger partial charge in [0.15, 0.2) is 0 Å². The molecule has 3 rings (SSSR count). The van der Waals surface area contributed by atoms with Crippen molar-refractivity contribution in [2.45, 2.75) is 26.2 Å². The van der Waals surface area contributed by atoms with Crippen LogP contribution in [-0.4, -0.2) is 5.91 Å². The normalized spacial score (nSPS) is 17.3. The van der Waals surface area contributed by atoms with Crippen LogP contribution in [0.2, 0.25) is 10.0 Å². The van der Waals surface area contributed by atoms with E-state index in [4.69, 9.17) is 23.2 Å². The highest BCUT2D eigenvalue weighted by Crippen LogP contribution is 2.42. The average Bonchev–Trinajstić information content (AvgIpc) is 2.43. The van der Waals surface area contributed by atoms with Gasteiger partial charge in [0.2, 0.25) is 5.91 Å². The summed E-state index contributed by atoms with van der Waals surface area (Å²) in [5.74, 6) is -0.0500. The largest absolute Gasteiger partial charge is 0.326 e. The molecule has 2 nitrogen and oxygen atoms in total. The Morgan fingerprint density at radius 1 is 1.10 bits per heavy atom. The number of carbonyl (C=O) groups is 1. The second-order valence-corrected chi connectivity index (χ2v) is 6.26. The molecule has 2 aromatic carbocycles. The third-order valence-corrected chi connectivity index (χ3v) is 4.90. The number of hydrogen-bond acceptors (Lipinski definition) is 1. The van der Waals surface area contributed by atoms with Crippen molar-refractivity contribution in [3.63, 3.8) is 0 Å². The highest BCUT2D eigenvalue weighted by atomic mass is 35.5. The average molecular weight is 320 g/mol. The summed E-state index contributed by atoms with van der Waals surface area (Å²) >= 11 is 12.5. The number of anilines is 1. The lowest BCUT2D eigenvalue weighted by Crippen LogP contribution is -2.24. The van der Waals surface area contributed by atoms with E-state index in [-0.39, 0.29) is 11.8 Å². The van der Waals surface area contributed by atoms with E-state index in [0.29, 0.717) is 16.5 Å². The van der Waals surface area contributed by atoms with Crippen molar-refractivity contribution in [2.24, 2.45) is 0 Å². The summed E-state index contributed by atoms with van der Waals surface area (Å²) < 4.78 is 0. The van der Waals surface area contributed by atoms with Crippen molar-refractivity contribution in [3.05, 3.63) is 62.6 Å². The molecule has 4 heteroatoms. The Hall–Kier alpha value is -1.51. The number of amides is 1. The molecular weight excluding hydrogens is 305 g/mol. The Balaban J connectivity index is 2.19. The summed E-state index contributed by atoms with van der Waals surface area (Å²) in [4.78, 5) is 12.0. The lowest BCUT2D eigenvalue weighted by molar-refractivity contribution is -0.116. The van der Waals surface area contributed by atoms with Gasteiger partial charge >= 0.3 is 0 Å². The molecule has 0 saturated carbocycles. The molecule has 1 aliphatic heterocycles. The first-order chi connectivity index (χ1) is 9.97. The van der Waals surface area contributed by atoms with E-state index in [0.717, 1.165) is 22.4 Å². The predicted octanol–water partition coefficient (Wildman–Crippen LogP) is 5.08. The van der Waals surface area contributed by atoms with Gasteiger partial charge in [-0.2, -0.15) is 0 Å². The fourth-order valence-electron chi connectivity index (χ4n) is 2.80. The lowest BCUT2D eigenvalue weighted by Gasteiger charge is -2.28. The van der Waals surface area contributed by atoms with E-state index in [2.05, 4.69) is 18.3 Å². The van der Waals surface area contributed by atoms with Gasteiger partial charge in [0.1, 0.15) is 0 Å². The van der Waals surface area contributed by atoms with E-state index in [9.17, 15) is 4.79 Å². The molecule has 0 saturated heterocycles. The minimum atomic E-state index is -0.0563. The Morgan fingerprint density at radius 3 is 2.57 bits per heavy atom. The molecule has 1 aliphatic rings. The molecule has 2 aromatic rings. The summed E-state index contributed by atoms with van der Waals surface area (Å²) in [6.45, 7) is 4.11. The minimum Gasteiger partial charge on any atom is -0.326 e. The first-order valence-corrected chi connectivity index (χ1v) is 7.58. The molecule has 0 radical (unpaired) electrons. The molecule has 0 bridgehead atoms. The van der Waals surface area contributed by atoms with Gasteiger partial charge in [-0.15, -0.1) is 0 Å². The van der Waals surface area contributed by atoms with E-state index in [1.54, 1.807) is 6.07 Å². The molecular formula is C17H15Cl2NO. The summed E-state index contributed by atoms with van der Waals surface area (Å²) in [5.41, 5.74) is 5.24. The molecule has 0 aliphatic carbocycles. The maximum absolute atomic E-state index is 12.0. The molecule has 0 fully saturated rings. The zero-order valence-electron chi connectivity index (χ0n) is 11.8. The third kappa shape index (κ3) is 2.54. The number of rotatable bonds is 1. The van der Waals surface area contributed by atoms with Crippen molar-refractivity contribution >= 4 is 34.8 Å². The van der Waals surface area contributed by atoms with Crippen LogP contribution in [0.1, 0.15) is 34.6 Å². The number of nitrogens with one attached hydrogen (secondary N) is 1. The molecule has 108 valence electrons. The summed E-state index contributed by atoms with van der Waals surface area (Å²) in [5, 5.41) is 4.00. The van der Waals surface area contributed by atoms with Crippen molar-refractivity contribution in [1.82, 2.24) is 0 Å². The number of aryl methyl sites for hydroxylation is 2. The Kier molecular flexibility index (Phi) is 3.68. The first-order valence-electron chi connectivity index (χ1n) is 6.82. The van der Waals surface area contributed by atoms with E-state index in [1.807, 2.05) is 25.1 Å². The van der Waals surface area contributed by atoms with Crippen molar-refractivity contribution in [3.8, 4) is 0 Å². The highest BCUT2D eigenvalue weighted by Gasteiger charge is 2.28. The van der Waals surface area contributed by atoms with Gasteiger partial charge in [0, 0.05) is 18.0 Å². The van der Waals surface area contributed by atoms with Crippen LogP contribution in [0.15, 0.2) is 30.3 Å². The SMILES string of the molecule is Cc1cc2c(cc1C)[C@@H](c1cccc(Cl)c1Cl)CC(=O)N2. The van der Waals surface area contributed by atoms with Crippen LogP contribution >= 0.6 is 23.2 Å². The van der Waals surface area contributed by atoms with Gasteiger partial charge in [0.05, 0.1) is 10.0 Å². The summed E-state index contributed by atoms with van der Waals surface area (Å²) in [6.07, 6.45) is 0.384. The van der Waals surface area contributed by atoms with Crippen LogP contribution in [0.25, 0.3) is 0 Å². The van der Waals surface area contributed by atoms with Crippen molar-refractivity contribution < 1.29 is 4.79 Å². The quantitative estimate of drug-likeness (QED) is 0.779. The Bertz CT molecular complexity index is 740. The van der Waals surface area contributed by atoms with E-state index < -0.39 is 0 Å². The maximum Gasteiger partial charge on any atom is 0.225 e. The maximum atomic E-state index is 12.0. The minimum absolute atomic E-state index is 0.00629. The van der Waals surface area contributed by atoms with E-state index in [1.165, 1.54) is 5.56 Å². The Labute approximate surface area is 134 Å². The zero-order chi connectivity index (χ0) is 15.1. The highest BCUT2D eigenvalue weighted by molar-refractivity contribution is 6.42. The van der Waals surface area contributed by atoms with Crippen molar-refractivity contribution in [2.75, 3.05) is 5.32 Å². The van der Waals surface area contributed by atoms with Crippen LogP contribution in [-0.2, 0) is 4.79 Å². The van der Waals surface area contributed by atoms with Crippen LogP contribution in [0.5, 0.6) is 0 Å². The lowest BCUT2D eigenvalue weighted by atomic mass is 9.83. The topological polar surface area (TPSA) is 29.1 Å². The molecule has 0 aromatic heterocycles. The summed E-state index contributed by atoms with van der Waals surface area (Å²) in [6, 6.07) is 9.73. The molecule has 21 heavy (non-hydrogen) atoms. The van der Waals surface area contributed by atoms with Gasteiger partial charge in [-0.25, -0.2) is 0 Å². The van der Waals surface area contributed by atoms with Crippen molar-refractivity contribution in [1.29, 1.82) is 0 Å². The molecule has 1 N–H and O–H groups in total.